The molecular weight excluding hydrogens is 729 g/mol. The third kappa shape index (κ3) is 5.32. The van der Waals surface area contributed by atoms with Gasteiger partial charge in [0.25, 0.3) is 0 Å². The Balaban J connectivity index is 1.30. The van der Waals surface area contributed by atoms with Crippen molar-refractivity contribution in [2.24, 2.45) is 0 Å². The number of benzene rings is 8. The predicted octanol–water partition coefficient (Wildman–Crippen LogP) is 14.5. The lowest BCUT2D eigenvalue weighted by Crippen LogP contribution is -2.00. The van der Waals surface area contributed by atoms with E-state index in [-0.39, 0.29) is 0 Å². The van der Waals surface area contributed by atoms with Crippen molar-refractivity contribution >= 4 is 54.4 Å². The second kappa shape index (κ2) is 13.8. The molecule has 60 heavy (non-hydrogen) atoms. The van der Waals surface area contributed by atoms with Crippen molar-refractivity contribution in [3.05, 3.63) is 219 Å². The molecule has 12 aromatic rings. The van der Waals surface area contributed by atoms with Crippen LogP contribution in [-0.2, 0) is 0 Å². The maximum atomic E-state index is 5.04. The van der Waals surface area contributed by atoms with Crippen molar-refractivity contribution in [1.82, 2.24) is 19.1 Å². The lowest BCUT2D eigenvalue weighted by atomic mass is 9.95. The van der Waals surface area contributed by atoms with E-state index in [0.29, 0.717) is 0 Å². The molecule has 0 radical (unpaired) electrons. The Morgan fingerprint density at radius 2 is 0.633 bits per heavy atom. The summed E-state index contributed by atoms with van der Waals surface area (Å²) in [5, 5.41) is 6.85. The van der Waals surface area contributed by atoms with E-state index in [1.807, 2.05) is 12.4 Å². The molecule has 0 aliphatic heterocycles. The van der Waals surface area contributed by atoms with Crippen LogP contribution in [0.1, 0.15) is 0 Å². The predicted molar refractivity (Wildman–Crippen MR) is 250 cm³/mol. The summed E-state index contributed by atoms with van der Waals surface area (Å²) in [6.07, 6.45) is 4.07. The normalized spacial score (nSPS) is 11.7. The average Bonchev–Trinajstić information content (AvgIpc) is 3.87. The van der Waals surface area contributed by atoms with E-state index in [1.165, 1.54) is 21.9 Å². The summed E-state index contributed by atoms with van der Waals surface area (Å²) in [5.74, 6) is 0. The Kier molecular flexibility index (Phi) is 7.82. The van der Waals surface area contributed by atoms with Crippen LogP contribution in [0.5, 0.6) is 0 Å². The second-order valence-corrected chi connectivity index (χ2v) is 15.4. The van der Waals surface area contributed by atoms with Crippen molar-refractivity contribution < 1.29 is 0 Å². The quantitative estimate of drug-likeness (QED) is 0.169. The molecule has 0 aliphatic carbocycles. The molecule has 4 heteroatoms. The standard InChI is InChI=1S/C56H36N4/c1-5-17-37(18-6-1)51-47-31-29-46-45(55(47)59(53(51)39-21-9-3-10-22-39)43-33-41-25-13-15-27-49(41)57-35-43)30-32-48-52(38-19-7-2-8-20-38)54(40-23-11-4-12-24-40)60(56(46)48)44-34-42-26-14-16-28-50(42)58-36-44/h1-36H. The molecule has 0 saturated heterocycles. The topological polar surface area (TPSA) is 35.6 Å². The van der Waals surface area contributed by atoms with Crippen LogP contribution in [0.3, 0.4) is 0 Å². The van der Waals surface area contributed by atoms with Crippen molar-refractivity contribution in [1.29, 1.82) is 0 Å². The third-order valence-corrected chi connectivity index (χ3v) is 11.9. The second-order valence-electron chi connectivity index (χ2n) is 15.4. The van der Waals surface area contributed by atoms with E-state index in [2.05, 4.69) is 215 Å². The van der Waals surface area contributed by atoms with E-state index in [0.717, 1.165) is 88.6 Å². The molecule has 0 spiro atoms. The first-order valence-electron chi connectivity index (χ1n) is 20.4. The maximum absolute atomic E-state index is 5.04. The first-order chi connectivity index (χ1) is 29.8. The first-order valence-corrected chi connectivity index (χ1v) is 20.4. The van der Waals surface area contributed by atoms with Crippen LogP contribution in [-0.4, -0.2) is 19.1 Å². The Hall–Kier alpha value is -8.08. The minimum absolute atomic E-state index is 0.970. The van der Waals surface area contributed by atoms with E-state index in [4.69, 9.17) is 9.97 Å². The highest BCUT2D eigenvalue weighted by Gasteiger charge is 2.27. The molecule has 0 aliphatic rings. The van der Waals surface area contributed by atoms with Crippen molar-refractivity contribution in [2.45, 2.75) is 0 Å². The highest BCUT2D eigenvalue weighted by atomic mass is 15.0. The molecule has 0 unspecified atom stereocenters. The van der Waals surface area contributed by atoms with Gasteiger partial charge in [-0.3, -0.25) is 9.97 Å². The van der Waals surface area contributed by atoms with Crippen molar-refractivity contribution in [2.75, 3.05) is 0 Å². The molecule has 4 heterocycles. The Bertz CT molecular complexity index is 3330. The zero-order valence-electron chi connectivity index (χ0n) is 32.6. The number of fused-ring (bicyclic) bond motifs is 7. The average molecular weight is 765 g/mol. The van der Waals surface area contributed by atoms with Crippen molar-refractivity contribution in [3.63, 3.8) is 0 Å². The summed E-state index contributed by atoms with van der Waals surface area (Å²) < 4.78 is 4.92. The Morgan fingerprint density at radius 3 is 1.03 bits per heavy atom. The van der Waals surface area contributed by atoms with Crippen LogP contribution < -0.4 is 0 Å². The summed E-state index contributed by atoms with van der Waals surface area (Å²) in [7, 11) is 0. The molecule has 280 valence electrons. The van der Waals surface area contributed by atoms with E-state index >= 15 is 0 Å². The van der Waals surface area contributed by atoms with Crippen LogP contribution in [0.4, 0.5) is 0 Å². The molecular formula is C56H36N4. The fourth-order valence-electron chi connectivity index (χ4n) is 9.37. The van der Waals surface area contributed by atoms with Crippen LogP contribution in [0.2, 0.25) is 0 Å². The van der Waals surface area contributed by atoms with Crippen LogP contribution in [0.15, 0.2) is 219 Å². The summed E-state index contributed by atoms with van der Waals surface area (Å²) in [6.45, 7) is 0. The lowest BCUT2D eigenvalue weighted by molar-refractivity contribution is 1.12. The van der Waals surface area contributed by atoms with Crippen LogP contribution >= 0.6 is 0 Å². The molecule has 4 aromatic heterocycles. The Labute approximate surface area is 346 Å². The highest BCUT2D eigenvalue weighted by molar-refractivity contribution is 6.24. The number of para-hydroxylation sites is 2. The van der Waals surface area contributed by atoms with Gasteiger partial charge in [0, 0.05) is 43.4 Å². The molecule has 0 saturated carbocycles. The molecule has 0 atom stereocenters. The first kappa shape index (κ1) is 34.0. The lowest BCUT2D eigenvalue weighted by Gasteiger charge is -2.16. The maximum Gasteiger partial charge on any atom is 0.0703 e. The van der Waals surface area contributed by atoms with Gasteiger partial charge in [0.05, 0.1) is 57.2 Å². The van der Waals surface area contributed by atoms with Gasteiger partial charge in [-0.05, 0) is 46.5 Å². The fraction of sp³-hybridized carbons (Fsp3) is 0. The smallest absolute Gasteiger partial charge is 0.0703 e. The van der Waals surface area contributed by atoms with E-state index in [9.17, 15) is 0 Å². The molecule has 12 rings (SSSR count). The van der Waals surface area contributed by atoms with E-state index in [1.54, 1.807) is 0 Å². The number of nitrogens with zero attached hydrogens (tertiary/aromatic N) is 4. The summed E-state index contributed by atoms with van der Waals surface area (Å²) in [6, 6.07) is 73.9. The SMILES string of the molecule is c1ccc(-c2c(-c3ccccc3)n(-c3cnc4ccccc4c3)c3c2ccc2c3ccc3c(-c4ccccc4)c(-c4ccccc4)n(-c4cnc5ccccc5c4)c32)cc1. The van der Waals surface area contributed by atoms with Gasteiger partial charge in [0.2, 0.25) is 0 Å². The summed E-state index contributed by atoms with van der Waals surface area (Å²) in [4.78, 5) is 10.1. The highest BCUT2D eigenvalue weighted by Crippen LogP contribution is 2.49. The van der Waals surface area contributed by atoms with Crippen molar-refractivity contribution in [3.8, 4) is 56.1 Å². The third-order valence-electron chi connectivity index (χ3n) is 11.9. The van der Waals surface area contributed by atoms with Gasteiger partial charge in [-0.1, -0.05) is 182 Å². The fourth-order valence-corrected chi connectivity index (χ4v) is 9.37. The van der Waals surface area contributed by atoms with Gasteiger partial charge >= 0.3 is 0 Å². The largest absolute Gasteiger partial charge is 0.306 e. The molecule has 0 amide bonds. The van der Waals surface area contributed by atoms with Gasteiger partial charge in [-0.25, -0.2) is 0 Å². The van der Waals surface area contributed by atoms with E-state index < -0.39 is 0 Å². The van der Waals surface area contributed by atoms with Gasteiger partial charge in [0.1, 0.15) is 0 Å². The van der Waals surface area contributed by atoms with Gasteiger partial charge in [-0.15, -0.1) is 0 Å². The van der Waals surface area contributed by atoms with Gasteiger partial charge in [-0.2, -0.15) is 0 Å². The summed E-state index contributed by atoms with van der Waals surface area (Å²) >= 11 is 0. The monoisotopic (exact) mass is 764 g/mol. The van der Waals surface area contributed by atoms with Gasteiger partial charge < -0.3 is 9.13 Å². The van der Waals surface area contributed by atoms with Gasteiger partial charge in [0.15, 0.2) is 0 Å². The molecule has 4 nitrogen and oxygen atoms in total. The number of aromatic nitrogens is 4. The van der Waals surface area contributed by atoms with Crippen LogP contribution in [0.25, 0.3) is 111 Å². The number of rotatable bonds is 6. The molecule has 0 bridgehead atoms. The van der Waals surface area contributed by atoms with Crippen LogP contribution in [0, 0.1) is 0 Å². The zero-order chi connectivity index (χ0) is 39.6. The minimum Gasteiger partial charge on any atom is -0.306 e. The Morgan fingerprint density at radius 1 is 0.300 bits per heavy atom. The molecule has 0 fully saturated rings. The number of hydrogen-bond acceptors (Lipinski definition) is 2. The molecule has 8 aromatic carbocycles. The number of pyridine rings is 2. The zero-order valence-corrected chi connectivity index (χ0v) is 32.6. The molecule has 0 N–H and O–H groups in total. The summed E-state index contributed by atoms with van der Waals surface area (Å²) in [5.41, 5.74) is 15.5. The minimum atomic E-state index is 0.970. The number of hydrogen-bond donors (Lipinski definition) is 0.